The highest BCUT2D eigenvalue weighted by Gasteiger charge is 2.12. The van der Waals surface area contributed by atoms with E-state index in [0.717, 1.165) is 16.6 Å². The van der Waals surface area contributed by atoms with Gasteiger partial charge in [-0.1, -0.05) is 58.8 Å². The Morgan fingerprint density at radius 3 is 2.58 bits per heavy atom. The quantitative estimate of drug-likeness (QED) is 0.300. The molecule has 0 aliphatic rings. The summed E-state index contributed by atoms with van der Waals surface area (Å²) in [5, 5.41) is 1.09. The topological polar surface area (TPSA) is 52.8 Å². The molecule has 0 radical (unpaired) electrons. The number of para-hydroxylation sites is 2. The number of benzene rings is 3. The van der Waals surface area contributed by atoms with Gasteiger partial charge in [-0.05, 0) is 55.0 Å². The van der Waals surface area contributed by atoms with Crippen LogP contribution in [0.1, 0.15) is 18.1 Å². The average Bonchev–Trinajstić information content (AvgIpc) is 3.31. The Hall–Kier alpha value is -3.06. The van der Waals surface area contributed by atoms with Crippen LogP contribution in [0.25, 0.3) is 22.1 Å². The molecule has 0 bridgehead atoms. The molecule has 0 amide bonds. The highest BCUT2D eigenvalue weighted by Crippen LogP contribution is 2.32. The zero-order valence-corrected chi connectivity index (χ0v) is 19.9. The lowest BCUT2D eigenvalue weighted by molar-refractivity contribution is 0.269. The van der Waals surface area contributed by atoms with E-state index in [2.05, 4.69) is 4.98 Å². The highest BCUT2D eigenvalue weighted by molar-refractivity contribution is 7.15. The molecule has 0 N–H and O–H groups in total. The molecule has 5 aromatic rings. The fourth-order valence-corrected chi connectivity index (χ4v) is 5.08. The molecule has 33 heavy (non-hydrogen) atoms. The van der Waals surface area contributed by atoms with Gasteiger partial charge in [0.05, 0.1) is 22.2 Å². The van der Waals surface area contributed by atoms with Gasteiger partial charge in [0.15, 0.2) is 16.5 Å². The Balaban J connectivity index is 1.49. The van der Waals surface area contributed by atoms with Crippen molar-refractivity contribution in [2.24, 2.45) is 0 Å². The number of hydrogen-bond donors (Lipinski definition) is 0. The first kappa shape index (κ1) is 21.8. The van der Waals surface area contributed by atoms with Crippen molar-refractivity contribution in [1.82, 2.24) is 9.38 Å². The lowest BCUT2D eigenvalue weighted by atomic mass is 10.2. The Labute approximate surface area is 203 Å². The van der Waals surface area contributed by atoms with Gasteiger partial charge in [0.2, 0.25) is 0 Å². The predicted molar refractivity (Wildman–Crippen MR) is 134 cm³/mol. The average molecular weight is 497 g/mol. The summed E-state index contributed by atoms with van der Waals surface area (Å²) in [5.74, 6) is 1.15. The third-order valence-electron chi connectivity index (χ3n) is 5.14. The van der Waals surface area contributed by atoms with Crippen molar-refractivity contribution >= 4 is 56.6 Å². The van der Waals surface area contributed by atoms with Crippen LogP contribution in [0, 0.1) is 0 Å². The maximum atomic E-state index is 13.0. The van der Waals surface area contributed by atoms with E-state index in [4.69, 9.17) is 32.7 Å². The maximum Gasteiger partial charge on any atom is 0.274 e. The van der Waals surface area contributed by atoms with Crippen molar-refractivity contribution in [2.75, 3.05) is 6.61 Å². The normalized spacial score (nSPS) is 12.0. The Morgan fingerprint density at radius 1 is 1.00 bits per heavy atom. The molecule has 2 aromatic heterocycles. The van der Waals surface area contributed by atoms with Crippen LogP contribution in [0.3, 0.4) is 0 Å². The van der Waals surface area contributed by atoms with Gasteiger partial charge in [0, 0.05) is 15.6 Å². The Bertz CT molecular complexity index is 1570. The summed E-state index contributed by atoms with van der Waals surface area (Å²) >= 11 is 13.9. The van der Waals surface area contributed by atoms with Crippen molar-refractivity contribution in [1.29, 1.82) is 0 Å². The first-order chi connectivity index (χ1) is 16.0. The number of aromatic nitrogens is 2. The molecule has 0 aliphatic carbocycles. The van der Waals surface area contributed by atoms with Gasteiger partial charge in [-0.2, -0.15) is 0 Å². The molecule has 2 heterocycles. The molecule has 0 aliphatic heterocycles. The molecule has 0 fully saturated rings. The minimum atomic E-state index is -0.0876. The van der Waals surface area contributed by atoms with E-state index in [1.807, 2.05) is 55.5 Å². The van der Waals surface area contributed by atoms with Gasteiger partial charge in [0.1, 0.15) is 6.61 Å². The van der Waals surface area contributed by atoms with Crippen molar-refractivity contribution < 1.29 is 9.47 Å². The first-order valence-electron chi connectivity index (χ1n) is 10.3. The molecule has 0 spiro atoms. The molecular weight excluding hydrogens is 479 g/mol. The number of fused-ring (bicyclic) bond motifs is 3. The summed E-state index contributed by atoms with van der Waals surface area (Å²) in [6, 6.07) is 18.5. The molecule has 8 heteroatoms. The SMILES string of the molecule is CCOc1cc(/C=c2\sc3nc4ccccc4n3c2=O)ccc1OCc1c(Cl)cccc1Cl. The van der Waals surface area contributed by atoms with E-state index < -0.39 is 0 Å². The smallest absolute Gasteiger partial charge is 0.274 e. The van der Waals surface area contributed by atoms with E-state index in [0.29, 0.717) is 43.2 Å². The van der Waals surface area contributed by atoms with Gasteiger partial charge in [-0.15, -0.1) is 0 Å². The van der Waals surface area contributed by atoms with Gasteiger partial charge in [0.25, 0.3) is 5.56 Å². The number of ether oxygens (including phenoxy) is 2. The lowest BCUT2D eigenvalue weighted by Crippen LogP contribution is -2.22. The van der Waals surface area contributed by atoms with Crippen LogP contribution in [-0.4, -0.2) is 16.0 Å². The van der Waals surface area contributed by atoms with Crippen LogP contribution in [0.5, 0.6) is 11.5 Å². The Kier molecular flexibility index (Phi) is 5.98. The standard InChI is InChI=1S/C25H18Cl2N2O3S/c1-2-31-22-12-15(10-11-21(22)32-14-16-17(26)6-5-7-18(16)27)13-23-24(30)29-20-9-4-3-8-19(20)28-25(29)33-23/h3-13H,2,14H2,1H3/b23-13-. The van der Waals surface area contributed by atoms with Crippen LogP contribution in [-0.2, 0) is 6.61 Å². The van der Waals surface area contributed by atoms with Crippen molar-refractivity contribution in [3.8, 4) is 11.5 Å². The molecular formula is C25H18Cl2N2O3S. The summed E-state index contributed by atoms with van der Waals surface area (Å²) in [5.41, 5.74) is 3.07. The van der Waals surface area contributed by atoms with Crippen LogP contribution < -0.4 is 19.6 Å². The Morgan fingerprint density at radius 2 is 1.79 bits per heavy atom. The second-order valence-corrected chi connectivity index (χ2v) is 9.09. The first-order valence-corrected chi connectivity index (χ1v) is 11.9. The molecule has 0 unspecified atom stereocenters. The zero-order chi connectivity index (χ0) is 22.9. The van der Waals surface area contributed by atoms with Crippen LogP contribution >= 0.6 is 34.5 Å². The van der Waals surface area contributed by atoms with Crippen LogP contribution in [0.2, 0.25) is 10.0 Å². The van der Waals surface area contributed by atoms with E-state index in [1.54, 1.807) is 22.6 Å². The van der Waals surface area contributed by atoms with Gasteiger partial charge in [-0.25, -0.2) is 9.38 Å². The van der Waals surface area contributed by atoms with Crippen molar-refractivity contribution in [3.05, 3.63) is 96.7 Å². The van der Waals surface area contributed by atoms with E-state index in [-0.39, 0.29) is 12.2 Å². The third kappa shape index (κ3) is 4.17. The van der Waals surface area contributed by atoms with Gasteiger partial charge < -0.3 is 9.47 Å². The van der Waals surface area contributed by atoms with Gasteiger partial charge in [-0.3, -0.25) is 4.79 Å². The van der Waals surface area contributed by atoms with Crippen molar-refractivity contribution in [3.63, 3.8) is 0 Å². The second kappa shape index (κ2) is 9.06. The summed E-state index contributed by atoms with van der Waals surface area (Å²) in [4.78, 5) is 18.3. The summed E-state index contributed by atoms with van der Waals surface area (Å²) < 4.78 is 14.0. The fraction of sp³-hybridized carbons (Fsp3) is 0.120. The van der Waals surface area contributed by atoms with Gasteiger partial charge >= 0.3 is 0 Å². The molecule has 0 atom stereocenters. The number of hydrogen-bond acceptors (Lipinski definition) is 5. The van der Waals surface area contributed by atoms with Crippen molar-refractivity contribution in [2.45, 2.75) is 13.5 Å². The number of imidazole rings is 1. The third-order valence-corrected chi connectivity index (χ3v) is 6.82. The predicted octanol–water partition coefficient (Wildman–Crippen LogP) is 5.74. The number of nitrogens with zero attached hydrogens (tertiary/aromatic N) is 2. The fourth-order valence-electron chi connectivity index (χ4n) is 3.59. The zero-order valence-electron chi connectivity index (χ0n) is 17.5. The molecule has 5 nitrogen and oxygen atoms in total. The summed E-state index contributed by atoms with van der Waals surface area (Å²) in [7, 11) is 0. The molecule has 0 saturated heterocycles. The maximum absolute atomic E-state index is 13.0. The summed E-state index contributed by atoms with van der Waals surface area (Å²) in [6.45, 7) is 2.58. The highest BCUT2D eigenvalue weighted by atomic mass is 35.5. The van der Waals surface area contributed by atoms with Crippen LogP contribution in [0.15, 0.2) is 65.5 Å². The minimum absolute atomic E-state index is 0.0876. The monoisotopic (exact) mass is 496 g/mol. The van der Waals surface area contributed by atoms with E-state index in [1.165, 1.54) is 11.3 Å². The molecule has 0 saturated carbocycles. The molecule has 3 aromatic carbocycles. The van der Waals surface area contributed by atoms with Crippen LogP contribution in [0.4, 0.5) is 0 Å². The molecule has 5 rings (SSSR count). The number of rotatable bonds is 6. The molecule has 166 valence electrons. The second-order valence-electron chi connectivity index (χ2n) is 7.26. The largest absolute Gasteiger partial charge is 0.490 e. The number of halogens is 2. The van der Waals surface area contributed by atoms with E-state index >= 15 is 0 Å². The lowest BCUT2D eigenvalue weighted by Gasteiger charge is -2.14. The minimum Gasteiger partial charge on any atom is -0.490 e. The number of thiazole rings is 1. The summed E-state index contributed by atoms with van der Waals surface area (Å²) in [6.07, 6.45) is 1.84. The van der Waals surface area contributed by atoms with E-state index in [9.17, 15) is 4.79 Å².